The van der Waals surface area contributed by atoms with E-state index in [2.05, 4.69) is 15.6 Å². The lowest BCUT2D eigenvalue weighted by Crippen LogP contribution is -2.42. The zero-order valence-corrected chi connectivity index (χ0v) is 15.5. The van der Waals surface area contributed by atoms with E-state index in [4.69, 9.17) is 9.47 Å². The number of amides is 1. The second-order valence-corrected chi connectivity index (χ2v) is 6.61. The molecular formula is C20H19FN4O3. The standard InChI is InChI=1S/C20H19FN4O3/c1-12-8-14(21)6-7-17(12)25-10-16(23-24-25)20(26)22-15-9-13-4-3-5-18(27-2)19(13)28-11-15/h3-8,10,15H,9,11H2,1-2H3,(H,22,26). The number of halogens is 1. The average molecular weight is 382 g/mol. The number of nitrogens with one attached hydrogen (secondary N) is 1. The van der Waals surface area contributed by atoms with Gasteiger partial charge in [0.05, 0.1) is 25.0 Å². The molecule has 1 aliphatic heterocycles. The van der Waals surface area contributed by atoms with Crippen LogP contribution in [0.4, 0.5) is 4.39 Å². The van der Waals surface area contributed by atoms with Crippen molar-refractivity contribution in [3.8, 4) is 17.2 Å². The number of para-hydroxylation sites is 1. The third-order valence-electron chi connectivity index (χ3n) is 4.64. The van der Waals surface area contributed by atoms with Gasteiger partial charge in [-0.15, -0.1) is 5.10 Å². The van der Waals surface area contributed by atoms with E-state index in [1.165, 1.54) is 23.0 Å². The molecule has 0 saturated heterocycles. The molecule has 2 heterocycles. The minimum absolute atomic E-state index is 0.181. The molecule has 8 heteroatoms. The Labute approximate surface area is 161 Å². The first-order chi connectivity index (χ1) is 13.5. The number of ether oxygens (including phenoxy) is 2. The summed E-state index contributed by atoms with van der Waals surface area (Å²) in [5.74, 6) is 0.729. The summed E-state index contributed by atoms with van der Waals surface area (Å²) >= 11 is 0. The molecule has 2 aromatic carbocycles. The minimum atomic E-state index is -0.342. The minimum Gasteiger partial charge on any atom is -0.493 e. The Hall–Kier alpha value is -3.42. The van der Waals surface area contributed by atoms with E-state index < -0.39 is 0 Å². The van der Waals surface area contributed by atoms with Gasteiger partial charge in [-0.05, 0) is 43.2 Å². The van der Waals surface area contributed by atoms with Crippen molar-refractivity contribution in [3.05, 3.63) is 65.2 Å². The third kappa shape index (κ3) is 3.40. The smallest absolute Gasteiger partial charge is 0.273 e. The van der Waals surface area contributed by atoms with Crippen LogP contribution in [0.3, 0.4) is 0 Å². The van der Waals surface area contributed by atoms with Gasteiger partial charge in [-0.2, -0.15) is 0 Å². The number of hydrogen-bond acceptors (Lipinski definition) is 5. The number of benzene rings is 2. The van der Waals surface area contributed by atoms with Crippen LogP contribution in [-0.4, -0.2) is 40.7 Å². The van der Waals surface area contributed by atoms with E-state index in [0.29, 0.717) is 35.8 Å². The van der Waals surface area contributed by atoms with Gasteiger partial charge in [-0.25, -0.2) is 9.07 Å². The number of aromatic nitrogens is 3. The van der Waals surface area contributed by atoms with Gasteiger partial charge in [-0.1, -0.05) is 17.3 Å². The highest BCUT2D eigenvalue weighted by Gasteiger charge is 2.25. The summed E-state index contributed by atoms with van der Waals surface area (Å²) in [7, 11) is 1.60. The van der Waals surface area contributed by atoms with Crippen LogP contribution in [0.25, 0.3) is 5.69 Å². The maximum atomic E-state index is 13.3. The third-order valence-corrected chi connectivity index (χ3v) is 4.64. The van der Waals surface area contributed by atoms with E-state index in [0.717, 1.165) is 5.56 Å². The monoisotopic (exact) mass is 382 g/mol. The summed E-state index contributed by atoms with van der Waals surface area (Å²) in [6, 6.07) is 9.83. The summed E-state index contributed by atoms with van der Waals surface area (Å²) in [6.45, 7) is 2.11. The molecule has 28 heavy (non-hydrogen) atoms. The average Bonchev–Trinajstić information content (AvgIpc) is 3.17. The molecule has 7 nitrogen and oxygen atoms in total. The van der Waals surface area contributed by atoms with Crippen LogP contribution in [0.1, 0.15) is 21.6 Å². The van der Waals surface area contributed by atoms with Crippen molar-refractivity contribution in [3.63, 3.8) is 0 Å². The Morgan fingerprint density at radius 3 is 3.00 bits per heavy atom. The van der Waals surface area contributed by atoms with Gasteiger partial charge in [-0.3, -0.25) is 4.79 Å². The Kier molecular flexibility index (Phi) is 4.68. The number of rotatable bonds is 4. The number of carbonyl (C=O) groups excluding carboxylic acids is 1. The highest BCUT2D eigenvalue weighted by atomic mass is 19.1. The first-order valence-electron chi connectivity index (χ1n) is 8.83. The summed E-state index contributed by atoms with van der Waals surface area (Å²) in [5.41, 5.74) is 2.51. The van der Waals surface area contributed by atoms with Gasteiger partial charge < -0.3 is 14.8 Å². The second kappa shape index (κ2) is 7.30. The molecule has 0 radical (unpaired) electrons. The maximum Gasteiger partial charge on any atom is 0.273 e. The molecule has 0 spiro atoms. The predicted octanol–water partition coefficient (Wildman–Crippen LogP) is 2.46. The normalized spacial score (nSPS) is 15.5. The molecule has 1 amide bonds. The van der Waals surface area contributed by atoms with Crippen molar-refractivity contribution < 1.29 is 18.7 Å². The van der Waals surface area contributed by atoms with Gasteiger partial charge in [0.25, 0.3) is 5.91 Å². The molecule has 0 fully saturated rings. The molecule has 3 aromatic rings. The van der Waals surface area contributed by atoms with Crippen molar-refractivity contribution >= 4 is 5.91 Å². The SMILES string of the molecule is COc1cccc2c1OCC(NC(=O)c1cn(-c3ccc(F)cc3C)nn1)C2. The van der Waals surface area contributed by atoms with E-state index in [1.807, 2.05) is 18.2 Å². The molecule has 1 aliphatic rings. The van der Waals surface area contributed by atoms with Crippen LogP contribution in [-0.2, 0) is 6.42 Å². The first kappa shape index (κ1) is 18.0. The Morgan fingerprint density at radius 1 is 1.36 bits per heavy atom. The van der Waals surface area contributed by atoms with Crippen LogP contribution in [0.15, 0.2) is 42.6 Å². The Morgan fingerprint density at radius 2 is 2.21 bits per heavy atom. The molecular weight excluding hydrogens is 363 g/mol. The zero-order valence-electron chi connectivity index (χ0n) is 15.5. The van der Waals surface area contributed by atoms with Gasteiger partial charge in [0.1, 0.15) is 12.4 Å². The highest BCUT2D eigenvalue weighted by Crippen LogP contribution is 2.34. The number of nitrogens with zero attached hydrogens (tertiary/aromatic N) is 3. The van der Waals surface area contributed by atoms with Gasteiger partial charge >= 0.3 is 0 Å². The molecule has 0 aliphatic carbocycles. The second-order valence-electron chi connectivity index (χ2n) is 6.61. The molecule has 1 unspecified atom stereocenters. The zero-order chi connectivity index (χ0) is 19.7. The van der Waals surface area contributed by atoms with Gasteiger partial charge in [0, 0.05) is 5.56 Å². The number of fused-ring (bicyclic) bond motifs is 1. The van der Waals surface area contributed by atoms with E-state index in [1.54, 1.807) is 20.1 Å². The van der Waals surface area contributed by atoms with Crippen molar-refractivity contribution in [1.29, 1.82) is 0 Å². The Bertz CT molecular complexity index is 1030. The van der Waals surface area contributed by atoms with Crippen molar-refractivity contribution in [2.75, 3.05) is 13.7 Å². The topological polar surface area (TPSA) is 78.3 Å². The molecule has 0 saturated carbocycles. The Balaban J connectivity index is 1.47. The number of methoxy groups -OCH3 is 1. The molecule has 1 aromatic heterocycles. The van der Waals surface area contributed by atoms with Crippen LogP contribution < -0.4 is 14.8 Å². The van der Waals surface area contributed by atoms with Crippen LogP contribution in [0.2, 0.25) is 0 Å². The van der Waals surface area contributed by atoms with Crippen LogP contribution >= 0.6 is 0 Å². The number of carbonyl (C=O) groups is 1. The lowest BCUT2D eigenvalue weighted by molar-refractivity contribution is 0.0909. The van der Waals surface area contributed by atoms with Crippen LogP contribution in [0, 0.1) is 12.7 Å². The lowest BCUT2D eigenvalue weighted by atomic mass is 10.0. The number of aryl methyl sites for hydroxylation is 1. The van der Waals surface area contributed by atoms with E-state index in [-0.39, 0.29) is 23.5 Å². The molecule has 1 N–H and O–H groups in total. The summed E-state index contributed by atoms with van der Waals surface area (Å²) in [5, 5.41) is 10.8. The predicted molar refractivity (Wildman–Crippen MR) is 99.5 cm³/mol. The van der Waals surface area contributed by atoms with E-state index >= 15 is 0 Å². The summed E-state index contributed by atoms with van der Waals surface area (Å²) in [6.07, 6.45) is 2.15. The van der Waals surface area contributed by atoms with Gasteiger partial charge in [0.2, 0.25) is 0 Å². The highest BCUT2D eigenvalue weighted by molar-refractivity contribution is 5.92. The molecule has 0 bridgehead atoms. The van der Waals surface area contributed by atoms with Gasteiger partial charge in [0.15, 0.2) is 17.2 Å². The van der Waals surface area contributed by atoms with Crippen molar-refractivity contribution in [2.24, 2.45) is 0 Å². The summed E-state index contributed by atoms with van der Waals surface area (Å²) in [4.78, 5) is 12.6. The molecule has 1 atom stereocenters. The summed E-state index contributed by atoms with van der Waals surface area (Å²) < 4.78 is 25.8. The van der Waals surface area contributed by atoms with Crippen molar-refractivity contribution in [2.45, 2.75) is 19.4 Å². The molecule has 144 valence electrons. The fourth-order valence-corrected chi connectivity index (χ4v) is 3.27. The molecule has 4 rings (SSSR count). The fourth-order valence-electron chi connectivity index (χ4n) is 3.27. The van der Waals surface area contributed by atoms with Crippen LogP contribution in [0.5, 0.6) is 11.5 Å². The quantitative estimate of drug-likeness (QED) is 0.750. The van der Waals surface area contributed by atoms with E-state index in [9.17, 15) is 9.18 Å². The lowest BCUT2D eigenvalue weighted by Gasteiger charge is -2.26. The fraction of sp³-hybridized carbons (Fsp3) is 0.250. The largest absolute Gasteiger partial charge is 0.493 e. The maximum absolute atomic E-state index is 13.3. The first-order valence-corrected chi connectivity index (χ1v) is 8.83. The number of hydrogen-bond donors (Lipinski definition) is 1. The van der Waals surface area contributed by atoms with Crippen molar-refractivity contribution in [1.82, 2.24) is 20.3 Å².